The van der Waals surface area contributed by atoms with Gasteiger partial charge in [0.05, 0.1) is 31.2 Å². The summed E-state index contributed by atoms with van der Waals surface area (Å²) in [6.45, 7) is 2.42. The Kier molecular flexibility index (Phi) is 2.45. The molecule has 0 unspecified atom stereocenters. The third kappa shape index (κ3) is 1.27. The highest BCUT2D eigenvalue weighted by Crippen LogP contribution is 2.87. The van der Waals surface area contributed by atoms with Crippen molar-refractivity contribution in [2.75, 3.05) is 6.61 Å². The van der Waals surface area contributed by atoms with E-state index in [0.29, 0.717) is 13.0 Å². The number of esters is 2. The van der Waals surface area contributed by atoms with Crippen molar-refractivity contribution in [3.63, 3.8) is 0 Å². The van der Waals surface area contributed by atoms with Gasteiger partial charge in [0, 0.05) is 16.9 Å². The van der Waals surface area contributed by atoms with E-state index >= 15 is 0 Å². The fourth-order valence-corrected chi connectivity index (χ4v) is 7.28. The van der Waals surface area contributed by atoms with Crippen LogP contribution in [0.15, 0.2) is 35.2 Å². The number of carbonyl (C=O) groups is 2. The molecule has 6 rings (SSSR count). The van der Waals surface area contributed by atoms with Crippen LogP contribution in [0.4, 0.5) is 0 Å². The van der Waals surface area contributed by atoms with Crippen LogP contribution in [-0.4, -0.2) is 29.8 Å². The monoisotopic (exact) mass is 356 g/mol. The van der Waals surface area contributed by atoms with Crippen molar-refractivity contribution < 1.29 is 28.6 Å². The van der Waals surface area contributed by atoms with Crippen LogP contribution < -0.4 is 0 Å². The van der Waals surface area contributed by atoms with Crippen molar-refractivity contribution >= 4 is 11.9 Å². The van der Waals surface area contributed by atoms with Crippen molar-refractivity contribution in [3.05, 3.63) is 36.3 Å². The summed E-state index contributed by atoms with van der Waals surface area (Å²) in [6.07, 6.45) is 7.12. The quantitative estimate of drug-likeness (QED) is 0.612. The molecule has 3 aliphatic carbocycles. The van der Waals surface area contributed by atoms with E-state index < -0.39 is 28.5 Å². The van der Waals surface area contributed by atoms with E-state index in [2.05, 4.69) is 6.92 Å². The Morgan fingerprint density at radius 3 is 2.92 bits per heavy atom. The van der Waals surface area contributed by atoms with Crippen LogP contribution in [0.1, 0.15) is 31.4 Å². The molecule has 0 aromatic carbocycles. The minimum atomic E-state index is -0.883. The van der Waals surface area contributed by atoms with Crippen molar-refractivity contribution in [1.82, 2.24) is 0 Å². The molecule has 6 heteroatoms. The summed E-state index contributed by atoms with van der Waals surface area (Å²) in [5, 5.41) is 11.2. The summed E-state index contributed by atoms with van der Waals surface area (Å²) in [7, 11) is 0. The standard InChI is InChI=1S/C20H20O6/c1-18-12-4-2-3-11-16(22)25-9-19(11,12)7-13(21)20(18)15(18)14(26-17(20)23)10-5-6-24-8-10/h2-3,5-6,8,11-15,21H,4,7,9H2,1H3/t11-,12+,13-,14-,15-,18-,19+,20+/m0/s1. The first-order chi connectivity index (χ1) is 12.5. The predicted molar refractivity (Wildman–Crippen MR) is 86.3 cm³/mol. The SMILES string of the molecule is C[C@@]12[C@H]3CC=C[C@H]4C(=O)OC[C@]43C[C@H](O)[C@@]13C(=O)O[C@@H](c1ccoc1)[C@@H]23. The van der Waals surface area contributed by atoms with Crippen LogP contribution in [0, 0.1) is 34.0 Å². The Morgan fingerprint density at radius 1 is 1.31 bits per heavy atom. The minimum Gasteiger partial charge on any atom is -0.472 e. The number of hydrogen-bond donors (Lipinski definition) is 1. The van der Waals surface area contributed by atoms with Gasteiger partial charge in [-0.1, -0.05) is 19.1 Å². The van der Waals surface area contributed by atoms with E-state index in [4.69, 9.17) is 13.9 Å². The van der Waals surface area contributed by atoms with Gasteiger partial charge >= 0.3 is 11.9 Å². The van der Waals surface area contributed by atoms with E-state index in [0.717, 1.165) is 12.0 Å². The number of ether oxygens (including phenoxy) is 2. The summed E-state index contributed by atoms with van der Waals surface area (Å²) < 4.78 is 16.3. The van der Waals surface area contributed by atoms with Gasteiger partial charge in [0.1, 0.15) is 11.5 Å². The molecular weight excluding hydrogens is 336 g/mol. The number of carbonyl (C=O) groups excluding carboxylic acids is 2. The molecule has 2 aliphatic heterocycles. The first-order valence-electron chi connectivity index (χ1n) is 9.22. The molecule has 1 aromatic rings. The molecule has 3 heterocycles. The Labute approximate surface area is 150 Å². The normalized spacial score (nSPS) is 53.2. The minimum absolute atomic E-state index is 0.104. The van der Waals surface area contributed by atoms with Gasteiger partial charge in [0.15, 0.2) is 0 Å². The van der Waals surface area contributed by atoms with Crippen molar-refractivity contribution in [2.45, 2.75) is 32.0 Å². The third-order valence-electron chi connectivity index (χ3n) is 8.26. The summed E-state index contributed by atoms with van der Waals surface area (Å²) >= 11 is 0. The number of furan rings is 1. The van der Waals surface area contributed by atoms with Crippen molar-refractivity contribution in [3.8, 4) is 0 Å². The lowest BCUT2D eigenvalue weighted by Gasteiger charge is -2.51. The maximum atomic E-state index is 13.0. The molecule has 0 bridgehead atoms. The highest BCUT2D eigenvalue weighted by molar-refractivity contribution is 5.88. The number of aliphatic hydroxyl groups is 1. The lowest BCUT2D eigenvalue weighted by Crippen LogP contribution is -2.55. The van der Waals surface area contributed by atoms with Crippen LogP contribution >= 0.6 is 0 Å². The predicted octanol–water partition coefficient (Wildman–Crippen LogP) is 2.00. The average molecular weight is 356 g/mol. The van der Waals surface area contributed by atoms with Crippen LogP contribution in [0.25, 0.3) is 0 Å². The Balaban J connectivity index is 1.51. The first-order valence-corrected chi connectivity index (χ1v) is 9.22. The lowest BCUT2D eigenvalue weighted by atomic mass is 9.51. The van der Waals surface area contributed by atoms with Crippen LogP contribution in [-0.2, 0) is 19.1 Å². The zero-order valence-electron chi connectivity index (χ0n) is 14.4. The lowest BCUT2D eigenvalue weighted by molar-refractivity contribution is -0.169. The molecule has 6 nitrogen and oxygen atoms in total. The van der Waals surface area contributed by atoms with Gasteiger partial charge in [0.25, 0.3) is 0 Å². The number of rotatable bonds is 1. The molecule has 1 aromatic heterocycles. The second-order valence-electron chi connectivity index (χ2n) is 8.77. The van der Waals surface area contributed by atoms with Gasteiger partial charge in [-0.3, -0.25) is 9.59 Å². The fourth-order valence-electron chi connectivity index (χ4n) is 7.28. The summed E-state index contributed by atoms with van der Waals surface area (Å²) in [4.78, 5) is 25.3. The second-order valence-corrected chi connectivity index (χ2v) is 8.77. The van der Waals surface area contributed by atoms with E-state index in [9.17, 15) is 14.7 Å². The summed E-state index contributed by atoms with van der Waals surface area (Å²) in [6, 6.07) is 1.82. The molecule has 26 heavy (non-hydrogen) atoms. The summed E-state index contributed by atoms with van der Waals surface area (Å²) in [5.74, 6) is -0.850. The van der Waals surface area contributed by atoms with Crippen LogP contribution in [0.2, 0.25) is 0 Å². The topological polar surface area (TPSA) is 86.0 Å². The number of fused-ring (bicyclic) bond motifs is 2. The number of cyclic esters (lactones) is 2. The first kappa shape index (κ1) is 15.0. The smallest absolute Gasteiger partial charge is 0.316 e. The number of allylic oxidation sites excluding steroid dienone is 1. The Hall–Kier alpha value is -2.08. The largest absolute Gasteiger partial charge is 0.472 e. The van der Waals surface area contributed by atoms with E-state index in [-0.39, 0.29) is 29.7 Å². The fraction of sp³-hybridized carbons (Fsp3) is 0.600. The molecule has 136 valence electrons. The van der Waals surface area contributed by atoms with Gasteiger partial charge < -0.3 is 19.0 Å². The molecule has 0 radical (unpaired) electrons. The van der Waals surface area contributed by atoms with Gasteiger partial charge in [-0.25, -0.2) is 0 Å². The Morgan fingerprint density at radius 2 is 2.15 bits per heavy atom. The molecule has 0 amide bonds. The molecule has 4 fully saturated rings. The van der Waals surface area contributed by atoms with Gasteiger partial charge in [-0.15, -0.1) is 0 Å². The Bertz CT molecular complexity index is 858. The second kappa shape index (κ2) is 4.25. The number of aliphatic hydroxyl groups excluding tert-OH is 1. The van der Waals surface area contributed by atoms with Crippen molar-refractivity contribution in [2.24, 2.45) is 34.0 Å². The highest BCUT2D eigenvalue weighted by Gasteiger charge is 2.93. The maximum absolute atomic E-state index is 13.0. The highest BCUT2D eigenvalue weighted by atomic mass is 16.6. The number of hydrogen-bond acceptors (Lipinski definition) is 6. The molecule has 2 saturated heterocycles. The van der Waals surface area contributed by atoms with Gasteiger partial charge in [-0.2, -0.15) is 0 Å². The summed E-state index contributed by atoms with van der Waals surface area (Å²) in [5.41, 5.74) is -0.888. The maximum Gasteiger partial charge on any atom is 0.316 e. The van der Waals surface area contributed by atoms with Crippen LogP contribution in [0.5, 0.6) is 0 Å². The van der Waals surface area contributed by atoms with E-state index in [1.807, 2.05) is 18.2 Å². The van der Waals surface area contributed by atoms with Gasteiger partial charge in [0.2, 0.25) is 0 Å². The zero-order valence-corrected chi connectivity index (χ0v) is 14.4. The molecule has 1 N–H and O–H groups in total. The molecule has 2 spiro atoms. The molecule has 2 saturated carbocycles. The zero-order chi connectivity index (χ0) is 17.9. The third-order valence-corrected chi connectivity index (χ3v) is 8.26. The van der Waals surface area contributed by atoms with Gasteiger partial charge in [-0.05, 0) is 30.2 Å². The van der Waals surface area contributed by atoms with Crippen LogP contribution in [0.3, 0.4) is 0 Å². The average Bonchev–Trinajstić information content (AvgIpc) is 3.06. The molecule has 5 aliphatic rings. The molecular formula is C20H20O6. The van der Waals surface area contributed by atoms with Crippen molar-refractivity contribution in [1.29, 1.82) is 0 Å². The molecule has 8 atom stereocenters. The van der Waals surface area contributed by atoms with E-state index in [1.54, 1.807) is 12.5 Å². The van der Waals surface area contributed by atoms with E-state index in [1.165, 1.54) is 0 Å².